The van der Waals surface area contributed by atoms with Gasteiger partial charge in [0.2, 0.25) is 0 Å². The van der Waals surface area contributed by atoms with Gasteiger partial charge in [0.1, 0.15) is 0 Å². The van der Waals surface area contributed by atoms with Crippen molar-refractivity contribution in [2.75, 3.05) is 0 Å². The predicted octanol–water partition coefficient (Wildman–Crippen LogP) is 3.43. The maximum absolute atomic E-state index is 9.56. The van der Waals surface area contributed by atoms with Crippen LogP contribution in [-0.4, -0.2) is 11.2 Å². The summed E-state index contributed by atoms with van der Waals surface area (Å²) in [5.41, 5.74) is 1.13. The topological polar surface area (TPSA) is 20.2 Å². The lowest BCUT2D eigenvalue weighted by Crippen LogP contribution is -2.07. The van der Waals surface area contributed by atoms with Crippen molar-refractivity contribution in [2.45, 2.75) is 38.7 Å². The van der Waals surface area contributed by atoms with Gasteiger partial charge in [0.05, 0.1) is 6.10 Å². The Bertz CT molecular complexity index is 273. The second-order valence-corrected chi connectivity index (χ2v) is 3.98. The zero-order valence-electron chi connectivity index (χ0n) is 8.54. The van der Waals surface area contributed by atoms with Crippen molar-refractivity contribution >= 4 is 11.6 Å². The lowest BCUT2D eigenvalue weighted by atomic mass is 10.0. The Labute approximate surface area is 90.7 Å². The molecule has 1 N–H and O–H groups in total. The summed E-state index contributed by atoms with van der Waals surface area (Å²) in [6, 6.07) is 7.81. The molecule has 0 saturated heterocycles. The highest BCUT2D eigenvalue weighted by molar-refractivity contribution is 6.31. The fourth-order valence-electron chi connectivity index (χ4n) is 1.50. The molecule has 1 atom stereocenters. The zero-order valence-corrected chi connectivity index (χ0v) is 9.30. The first-order valence-corrected chi connectivity index (χ1v) is 5.53. The Kier molecular flexibility index (Phi) is 4.99. The Morgan fingerprint density at radius 1 is 1.29 bits per heavy atom. The van der Waals surface area contributed by atoms with E-state index in [1.165, 1.54) is 0 Å². The molecule has 1 nitrogen and oxygen atoms in total. The number of aliphatic hydroxyl groups excluding tert-OH is 1. The van der Waals surface area contributed by atoms with Gasteiger partial charge in [0.15, 0.2) is 0 Å². The zero-order chi connectivity index (χ0) is 10.4. The molecule has 0 bridgehead atoms. The first kappa shape index (κ1) is 11.5. The minimum atomic E-state index is -0.184. The van der Waals surface area contributed by atoms with Crippen LogP contribution in [0, 0.1) is 0 Å². The molecule has 0 aliphatic carbocycles. The summed E-state index contributed by atoms with van der Waals surface area (Å²) in [5, 5.41) is 10.4. The van der Waals surface area contributed by atoms with Gasteiger partial charge in [-0.05, 0) is 30.9 Å². The van der Waals surface area contributed by atoms with Crippen molar-refractivity contribution < 1.29 is 5.11 Å². The summed E-state index contributed by atoms with van der Waals surface area (Å²) in [5.74, 6) is 0. The highest BCUT2D eigenvalue weighted by Gasteiger charge is 2.04. The molecular formula is C12H17ClO. The van der Waals surface area contributed by atoms with Crippen LogP contribution in [0.2, 0.25) is 5.02 Å². The van der Waals surface area contributed by atoms with Gasteiger partial charge >= 0.3 is 0 Å². The molecule has 0 radical (unpaired) electrons. The molecular weight excluding hydrogens is 196 g/mol. The molecule has 0 aromatic heterocycles. The van der Waals surface area contributed by atoms with Crippen LogP contribution in [0.1, 0.15) is 31.7 Å². The third-order valence-electron chi connectivity index (χ3n) is 2.33. The number of aryl methyl sites for hydroxylation is 1. The average Bonchev–Trinajstić information content (AvgIpc) is 2.17. The minimum Gasteiger partial charge on any atom is -0.393 e. The summed E-state index contributed by atoms with van der Waals surface area (Å²) in [6.45, 7) is 2.08. The maximum Gasteiger partial charge on any atom is 0.0543 e. The van der Waals surface area contributed by atoms with Crippen LogP contribution in [0.15, 0.2) is 24.3 Å². The summed E-state index contributed by atoms with van der Waals surface area (Å²) >= 11 is 6.00. The van der Waals surface area contributed by atoms with Crippen LogP contribution in [0.3, 0.4) is 0 Å². The molecule has 1 rings (SSSR count). The molecule has 1 aromatic rings. The second-order valence-electron chi connectivity index (χ2n) is 3.57. The van der Waals surface area contributed by atoms with Crippen molar-refractivity contribution in [3.8, 4) is 0 Å². The standard InChI is InChI=1S/C12H17ClO/c1-2-5-11(14)9-8-10-6-3-4-7-12(10)13/h3-4,6-7,11,14H,2,5,8-9H2,1H3. The van der Waals surface area contributed by atoms with E-state index in [0.717, 1.165) is 36.3 Å². The molecule has 0 aliphatic rings. The van der Waals surface area contributed by atoms with Crippen molar-refractivity contribution in [3.63, 3.8) is 0 Å². The van der Waals surface area contributed by atoms with Gasteiger partial charge in [-0.25, -0.2) is 0 Å². The van der Waals surface area contributed by atoms with Gasteiger partial charge in [0, 0.05) is 5.02 Å². The molecule has 0 fully saturated rings. The van der Waals surface area contributed by atoms with E-state index >= 15 is 0 Å². The van der Waals surface area contributed by atoms with Crippen LogP contribution < -0.4 is 0 Å². The van der Waals surface area contributed by atoms with Crippen molar-refractivity contribution in [1.29, 1.82) is 0 Å². The van der Waals surface area contributed by atoms with Crippen LogP contribution in [0.5, 0.6) is 0 Å². The number of rotatable bonds is 5. The normalized spacial score (nSPS) is 12.8. The fraction of sp³-hybridized carbons (Fsp3) is 0.500. The van der Waals surface area contributed by atoms with E-state index in [1.807, 2.05) is 24.3 Å². The van der Waals surface area contributed by atoms with Gasteiger partial charge < -0.3 is 5.11 Å². The fourth-order valence-corrected chi connectivity index (χ4v) is 1.73. The average molecular weight is 213 g/mol. The van der Waals surface area contributed by atoms with Gasteiger partial charge in [-0.1, -0.05) is 43.1 Å². The number of benzene rings is 1. The first-order valence-electron chi connectivity index (χ1n) is 5.15. The van der Waals surface area contributed by atoms with Crippen LogP contribution in [-0.2, 0) is 6.42 Å². The Morgan fingerprint density at radius 3 is 2.64 bits per heavy atom. The van der Waals surface area contributed by atoms with E-state index in [9.17, 15) is 5.11 Å². The quantitative estimate of drug-likeness (QED) is 0.793. The summed E-state index contributed by atoms with van der Waals surface area (Å²) < 4.78 is 0. The maximum atomic E-state index is 9.56. The van der Waals surface area contributed by atoms with Crippen molar-refractivity contribution in [1.82, 2.24) is 0 Å². The highest BCUT2D eigenvalue weighted by Crippen LogP contribution is 2.17. The summed E-state index contributed by atoms with van der Waals surface area (Å²) in [4.78, 5) is 0. The van der Waals surface area contributed by atoms with E-state index in [2.05, 4.69) is 6.92 Å². The van der Waals surface area contributed by atoms with E-state index in [1.54, 1.807) is 0 Å². The van der Waals surface area contributed by atoms with E-state index < -0.39 is 0 Å². The largest absolute Gasteiger partial charge is 0.393 e. The molecule has 0 spiro atoms. The Hall–Kier alpha value is -0.530. The van der Waals surface area contributed by atoms with Gasteiger partial charge in [-0.2, -0.15) is 0 Å². The van der Waals surface area contributed by atoms with Crippen molar-refractivity contribution in [3.05, 3.63) is 34.9 Å². The molecule has 1 unspecified atom stereocenters. The molecule has 2 heteroatoms. The minimum absolute atomic E-state index is 0.184. The lowest BCUT2D eigenvalue weighted by molar-refractivity contribution is 0.154. The molecule has 0 heterocycles. The smallest absolute Gasteiger partial charge is 0.0543 e. The van der Waals surface area contributed by atoms with Gasteiger partial charge in [-0.3, -0.25) is 0 Å². The SMILES string of the molecule is CCCC(O)CCc1ccccc1Cl. The molecule has 0 aliphatic heterocycles. The van der Waals surface area contributed by atoms with Gasteiger partial charge in [0.25, 0.3) is 0 Å². The molecule has 0 saturated carbocycles. The molecule has 0 amide bonds. The summed E-state index contributed by atoms with van der Waals surface area (Å²) in [7, 11) is 0. The van der Waals surface area contributed by atoms with Crippen LogP contribution in [0.25, 0.3) is 0 Å². The van der Waals surface area contributed by atoms with Gasteiger partial charge in [-0.15, -0.1) is 0 Å². The van der Waals surface area contributed by atoms with E-state index in [-0.39, 0.29) is 6.10 Å². The third-order valence-corrected chi connectivity index (χ3v) is 2.70. The number of hydrogen-bond donors (Lipinski definition) is 1. The predicted molar refractivity (Wildman–Crippen MR) is 60.7 cm³/mol. The lowest BCUT2D eigenvalue weighted by Gasteiger charge is -2.09. The van der Waals surface area contributed by atoms with E-state index in [0.29, 0.717) is 0 Å². The third kappa shape index (κ3) is 3.69. The Balaban J connectivity index is 2.41. The number of hydrogen-bond acceptors (Lipinski definition) is 1. The van der Waals surface area contributed by atoms with Crippen LogP contribution >= 0.6 is 11.6 Å². The van der Waals surface area contributed by atoms with E-state index in [4.69, 9.17) is 11.6 Å². The molecule has 1 aromatic carbocycles. The molecule has 78 valence electrons. The van der Waals surface area contributed by atoms with Crippen molar-refractivity contribution in [2.24, 2.45) is 0 Å². The Morgan fingerprint density at radius 2 is 2.00 bits per heavy atom. The number of aliphatic hydroxyl groups is 1. The second kappa shape index (κ2) is 6.05. The number of halogens is 1. The van der Waals surface area contributed by atoms with Crippen LogP contribution in [0.4, 0.5) is 0 Å². The highest BCUT2D eigenvalue weighted by atomic mass is 35.5. The first-order chi connectivity index (χ1) is 6.74. The monoisotopic (exact) mass is 212 g/mol. The molecule has 14 heavy (non-hydrogen) atoms. The summed E-state index contributed by atoms with van der Waals surface area (Å²) in [6.07, 6.45) is 3.39.